The first-order valence-corrected chi connectivity index (χ1v) is 8.03. The Balaban J connectivity index is 2.51. The predicted molar refractivity (Wildman–Crippen MR) is 104 cm³/mol. The van der Waals surface area contributed by atoms with Crippen LogP contribution in [0.5, 0.6) is 23.0 Å². The normalized spacial score (nSPS) is 10.5. The van der Waals surface area contributed by atoms with E-state index in [4.69, 9.17) is 24.1 Å². The molecule has 6 heteroatoms. The lowest BCUT2D eigenvalue weighted by atomic mass is 9.96. The van der Waals surface area contributed by atoms with Crippen LogP contribution in [0.25, 0.3) is 11.6 Å². The molecule has 0 heterocycles. The fourth-order valence-electron chi connectivity index (χ4n) is 2.64. The molecular formula is C21H22O6. The van der Waals surface area contributed by atoms with Crippen LogP contribution in [-0.2, 0) is 4.79 Å². The van der Waals surface area contributed by atoms with E-state index in [1.54, 1.807) is 39.5 Å². The molecular weight excluding hydrogens is 348 g/mol. The van der Waals surface area contributed by atoms with E-state index in [2.05, 4.69) is 6.58 Å². The summed E-state index contributed by atoms with van der Waals surface area (Å²) in [5.74, 6) is 1.07. The number of methoxy groups -OCH3 is 4. The van der Waals surface area contributed by atoms with Gasteiger partial charge in [0.15, 0.2) is 11.5 Å². The van der Waals surface area contributed by atoms with Gasteiger partial charge < -0.3 is 24.1 Å². The van der Waals surface area contributed by atoms with Crippen LogP contribution in [0, 0.1) is 0 Å². The summed E-state index contributed by atoms with van der Waals surface area (Å²) in [5.41, 5.74) is 2.92. The number of benzene rings is 2. The third kappa shape index (κ3) is 4.41. The van der Waals surface area contributed by atoms with Crippen LogP contribution in [0.2, 0.25) is 0 Å². The van der Waals surface area contributed by atoms with Crippen LogP contribution in [0.1, 0.15) is 16.7 Å². The molecule has 1 N–H and O–H groups in total. The fraction of sp³-hybridized carbons (Fsp3) is 0.190. The Labute approximate surface area is 158 Å². The van der Waals surface area contributed by atoms with Crippen molar-refractivity contribution in [3.63, 3.8) is 0 Å². The quantitative estimate of drug-likeness (QED) is 0.711. The average molecular weight is 370 g/mol. The van der Waals surface area contributed by atoms with Gasteiger partial charge in [0.25, 0.3) is 0 Å². The van der Waals surface area contributed by atoms with Crippen LogP contribution in [0.15, 0.2) is 43.0 Å². The Kier molecular flexibility index (Phi) is 6.49. The van der Waals surface area contributed by atoms with E-state index in [0.717, 1.165) is 17.2 Å². The number of aliphatic carboxylic acids is 1. The van der Waals surface area contributed by atoms with Crippen molar-refractivity contribution in [3.8, 4) is 23.0 Å². The summed E-state index contributed by atoms with van der Waals surface area (Å²) in [7, 11) is 6.17. The molecule has 0 amide bonds. The molecule has 0 radical (unpaired) electrons. The topological polar surface area (TPSA) is 74.2 Å². The molecule has 0 saturated carbocycles. The first kappa shape index (κ1) is 19.9. The van der Waals surface area contributed by atoms with Crippen molar-refractivity contribution in [2.75, 3.05) is 28.4 Å². The van der Waals surface area contributed by atoms with Crippen LogP contribution in [-0.4, -0.2) is 39.5 Å². The van der Waals surface area contributed by atoms with Crippen LogP contribution in [0.3, 0.4) is 0 Å². The second-order valence-electron chi connectivity index (χ2n) is 5.52. The van der Waals surface area contributed by atoms with Gasteiger partial charge in [-0.3, -0.25) is 0 Å². The second kappa shape index (κ2) is 8.80. The smallest absolute Gasteiger partial charge is 0.328 e. The van der Waals surface area contributed by atoms with Gasteiger partial charge in [-0.05, 0) is 47.0 Å². The molecule has 0 atom stereocenters. The van der Waals surface area contributed by atoms with Gasteiger partial charge in [0.1, 0.15) is 5.75 Å². The maximum Gasteiger partial charge on any atom is 0.328 e. The molecule has 0 aliphatic rings. The van der Waals surface area contributed by atoms with Gasteiger partial charge in [0.05, 0.1) is 28.4 Å². The highest BCUT2D eigenvalue weighted by molar-refractivity contribution is 5.87. The van der Waals surface area contributed by atoms with E-state index in [1.165, 1.54) is 13.2 Å². The van der Waals surface area contributed by atoms with Gasteiger partial charge in [-0.2, -0.15) is 0 Å². The monoisotopic (exact) mass is 370 g/mol. The van der Waals surface area contributed by atoms with Crippen molar-refractivity contribution >= 4 is 17.6 Å². The van der Waals surface area contributed by atoms with Gasteiger partial charge in [-0.25, -0.2) is 4.79 Å². The molecule has 0 fully saturated rings. The number of rotatable bonds is 8. The minimum atomic E-state index is -1.04. The first-order valence-electron chi connectivity index (χ1n) is 8.03. The number of hydrogen-bond acceptors (Lipinski definition) is 5. The van der Waals surface area contributed by atoms with Gasteiger partial charge >= 0.3 is 5.97 Å². The summed E-state index contributed by atoms with van der Waals surface area (Å²) in [4.78, 5) is 10.8. The molecule has 0 unspecified atom stereocenters. The third-order valence-corrected chi connectivity index (χ3v) is 4.00. The van der Waals surface area contributed by atoms with Crippen molar-refractivity contribution < 1.29 is 28.8 Å². The molecule has 0 aliphatic carbocycles. The second-order valence-corrected chi connectivity index (χ2v) is 5.52. The van der Waals surface area contributed by atoms with Crippen molar-refractivity contribution in [3.05, 3.63) is 59.7 Å². The van der Waals surface area contributed by atoms with Crippen LogP contribution in [0.4, 0.5) is 0 Å². The average Bonchev–Trinajstić information content (AvgIpc) is 2.69. The van der Waals surface area contributed by atoms with E-state index in [-0.39, 0.29) is 0 Å². The molecule has 142 valence electrons. The maximum atomic E-state index is 10.8. The zero-order chi connectivity index (χ0) is 20.0. The zero-order valence-electron chi connectivity index (χ0n) is 15.7. The number of ether oxygens (including phenoxy) is 4. The minimum Gasteiger partial charge on any atom is -0.496 e. The Morgan fingerprint density at radius 3 is 1.96 bits per heavy atom. The van der Waals surface area contributed by atoms with E-state index in [0.29, 0.717) is 34.1 Å². The van der Waals surface area contributed by atoms with Gasteiger partial charge in [-0.15, -0.1) is 0 Å². The summed E-state index contributed by atoms with van der Waals surface area (Å²) in [6.45, 7) is 4.16. The largest absolute Gasteiger partial charge is 0.496 e. The summed E-state index contributed by atoms with van der Waals surface area (Å²) in [6.07, 6.45) is 2.54. The summed E-state index contributed by atoms with van der Waals surface area (Å²) < 4.78 is 21.4. The first-order chi connectivity index (χ1) is 12.9. The molecule has 27 heavy (non-hydrogen) atoms. The lowest BCUT2D eigenvalue weighted by Gasteiger charge is -2.16. The summed E-state index contributed by atoms with van der Waals surface area (Å²) >= 11 is 0. The van der Waals surface area contributed by atoms with Gasteiger partial charge in [-0.1, -0.05) is 12.6 Å². The standard InChI is InChI=1S/C21H22O6/c1-13(16-11-18(25-3)21(27-5)19(12-16)26-4)14-6-8-17(24-2)15(10-14)7-9-20(22)23/h6-12H,1H2,2-5H3,(H,22,23)/b9-7+. The highest BCUT2D eigenvalue weighted by Gasteiger charge is 2.16. The molecule has 6 nitrogen and oxygen atoms in total. The van der Waals surface area contributed by atoms with Crippen LogP contribution >= 0.6 is 0 Å². The minimum absolute atomic E-state index is 0.497. The Bertz CT molecular complexity index is 857. The zero-order valence-corrected chi connectivity index (χ0v) is 15.7. The molecule has 2 aromatic rings. The van der Waals surface area contributed by atoms with Crippen molar-refractivity contribution in [1.82, 2.24) is 0 Å². The van der Waals surface area contributed by atoms with Crippen molar-refractivity contribution in [1.29, 1.82) is 0 Å². The molecule has 0 aromatic heterocycles. The van der Waals surface area contributed by atoms with Crippen molar-refractivity contribution in [2.24, 2.45) is 0 Å². The SMILES string of the molecule is C=C(c1ccc(OC)c(/C=C/C(=O)O)c1)c1cc(OC)c(OC)c(OC)c1. The molecule has 0 bridgehead atoms. The Hall–Kier alpha value is -3.41. The fourth-order valence-corrected chi connectivity index (χ4v) is 2.64. The Morgan fingerprint density at radius 2 is 1.48 bits per heavy atom. The van der Waals surface area contributed by atoms with E-state index in [1.807, 2.05) is 12.1 Å². The molecule has 0 aliphatic heterocycles. The van der Waals surface area contributed by atoms with Gasteiger partial charge in [0.2, 0.25) is 5.75 Å². The highest BCUT2D eigenvalue weighted by atomic mass is 16.5. The van der Waals surface area contributed by atoms with E-state index >= 15 is 0 Å². The van der Waals surface area contributed by atoms with E-state index < -0.39 is 5.97 Å². The molecule has 0 spiro atoms. The van der Waals surface area contributed by atoms with Gasteiger partial charge in [0, 0.05) is 11.6 Å². The van der Waals surface area contributed by atoms with Crippen LogP contribution < -0.4 is 18.9 Å². The summed E-state index contributed by atoms with van der Waals surface area (Å²) in [6, 6.07) is 9.04. The number of carbonyl (C=O) groups is 1. The lowest BCUT2D eigenvalue weighted by molar-refractivity contribution is -0.131. The predicted octanol–water partition coefficient (Wildman–Crippen LogP) is 3.88. The molecule has 0 saturated heterocycles. The molecule has 2 aromatic carbocycles. The summed E-state index contributed by atoms with van der Waals surface area (Å²) in [5, 5.41) is 8.87. The molecule has 2 rings (SSSR count). The third-order valence-electron chi connectivity index (χ3n) is 4.00. The number of carboxylic acid groups (broad SMARTS) is 1. The lowest BCUT2D eigenvalue weighted by Crippen LogP contribution is -1.98. The number of carboxylic acids is 1. The Morgan fingerprint density at radius 1 is 0.889 bits per heavy atom. The highest BCUT2D eigenvalue weighted by Crippen LogP contribution is 2.41. The van der Waals surface area contributed by atoms with Crippen molar-refractivity contribution in [2.45, 2.75) is 0 Å². The number of hydrogen-bond donors (Lipinski definition) is 1. The maximum absolute atomic E-state index is 10.8. The van der Waals surface area contributed by atoms with E-state index in [9.17, 15) is 4.79 Å².